The van der Waals surface area contributed by atoms with Gasteiger partial charge >= 0.3 is 0 Å². The number of aryl methyl sites for hydroxylation is 1. The molecule has 1 amide bonds. The lowest BCUT2D eigenvalue weighted by Crippen LogP contribution is -2.36. The van der Waals surface area contributed by atoms with Crippen molar-refractivity contribution in [2.75, 3.05) is 0 Å². The van der Waals surface area contributed by atoms with Crippen molar-refractivity contribution in [2.24, 2.45) is 0 Å². The van der Waals surface area contributed by atoms with Gasteiger partial charge < -0.3 is 5.32 Å². The van der Waals surface area contributed by atoms with Gasteiger partial charge in [-0.25, -0.2) is 0 Å². The number of hydrogen-bond acceptors (Lipinski definition) is 2. The molecule has 0 spiro atoms. The summed E-state index contributed by atoms with van der Waals surface area (Å²) in [6.45, 7) is 6.39. The molecule has 3 heteroatoms. The van der Waals surface area contributed by atoms with Gasteiger partial charge in [0, 0.05) is 5.56 Å². The van der Waals surface area contributed by atoms with E-state index in [1.54, 1.807) is 0 Å². The zero-order valence-electron chi connectivity index (χ0n) is 15.2. The molecule has 0 fully saturated rings. The van der Waals surface area contributed by atoms with Crippen molar-refractivity contribution in [3.8, 4) is 0 Å². The SMILES string of the molecule is CC(C)(C)c1ccc(C(=O)N[C@@H]([C]=O)CCCc2ccccc2)cc1. The predicted octanol–water partition coefficient (Wildman–Crippen LogP) is 4.22. The second-order valence-electron chi connectivity index (χ2n) is 7.35. The van der Waals surface area contributed by atoms with Gasteiger partial charge in [0.25, 0.3) is 5.91 Å². The zero-order valence-corrected chi connectivity index (χ0v) is 15.2. The topological polar surface area (TPSA) is 46.2 Å². The molecule has 0 aliphatic heterocycles. The second kappa shape index (κ2) is 8.61. The van der Waals surface area contributed by atoms with Crippen LogP contribution in [0.3, 0.4) is 0 Å². The normalized spacial score (nSPS) is 12.4. The van der Waals surface area contributed by atoms with E-state index in [4.69, 9.17) is 0 Å². The Morgan fingerprint density at radius 1 is 1.04 bits per heavy atom. The standard InChI is InChI=1S/C22H26NO2/c1-22(2,3)19-14-12-18(13-15-19)21(25)23-20(16-24)11-7-10-17-8-5-4-6-9-17/h4-6,8-9,12-15,20H,7,10-11H2,1-3H3,(H,23,25)/t20-/m1/s1. The van der Waals surface area contributed by atoms with Crippen LogP contribution in [0.4, 0.5) is 0 Å². The Morgan fingerprint density at radius 3 is 2.24 bits per heavy atom. The lowest BCUT2D eigenvalue weighted by atomic mass is 9.86. The van der Waals surface area contributed by atoms with Gasteiger partial charge in [-0.3, -0.25) is 9.59 Å². The quantitative estimate of drug-likeness (QED) is 0.823. The summed E-state index contributed by atoms with van der Waals surface area (Å²) in [5.74, 6) is -0.228. The molecule has 25 heavy (non-hydrogen) atoms. The number of amides is 1. The molecule has 2 rings (SSSR count). The van der Waals surface area contributed by atoms with Crippen molar-refractivity contribution in [3.05, 3.63) is 71.3 Å². The van der Waals surface area contributed by atoms with E-state index in [1.807, 2.05) is 48.8 Å². The van der Waals surface area contributed by atoms with Gasteiger partial charge in [-0.2, -0.15) is 0 Å². The number of nitrogens with one attached hydrogen (secondary N) is 1. The largest absolute Gasteiger partial charge is 0.342 e. The fourth-order valence-corrected chi connectivity index (χ4v) is 2.68. The van der Waals surface area contributed by atoms with E-state index in [2.05, 4.69) is 38.2 Å². The van der Waals surface area contributed by atoms with Crippen LogP contribution in [0.25, 0.3) is 0 Å². The van der Waals surface area contributed by atoms with Crippen LogP contribution in [0.1, 0.15) is 55.1 Å². The number of rotatable bonds is 7. The average Bonchev–Trinajstić information content (AvgIpc) is 2.61. The Bertz CT molecular complexity index is 684. The summed E-state index contributed by atoms with van der Waals surface area (Å²) in [5, 5.41) is 2.76. The molecular formula is C22H26NO2. The first-order valence-electron chi connectivity index (χ1n) is 8.73. The van der Waals surface area contributed by atoms with Crippen molar-refractivity contribution >= 4 is 12.2 Å². The van der Waals surface area contributed by atoms with Gasteiger partial charge in [0.15, 0.2) is 0 Å². The molecule has 0 aliphatic rings. The maximum absolute atomic E-state index is 12.3. The van der Waals surface area contributed by atoms with Crippen LogP contribution in [0.15, 0.2) is 54.6 Å². The van der Waals surface area contributed by atoms with Gasteiger partial charge in [0.2, 0.25) is 6.29 Å². The van der Waals surface area contributed by atoms with Crippen LogP contribution in [0.2, 0.25) is 0 Å². The third kappa shape index (κ3) is 5.86. The van der Waals surface area contributed by atoms with Gasteiger partial charge in [0.05, 0.1) is 6.04 Å². The van der Waals surface area contributed by atoms with E-state index in [1.165, 1.54) is 11.1 Å². The molecule has 1 N–H and O–H groups in total. The summed E-state index contributed by atoms with van der Waals surface area (Å²) in [6, 6.07) is 17.1. The van der Waals surface area contributed by atoms with Crippen LogP contribution in [0, 0.1) is 0 Å². The minimum Gasteiger partial charge on any atom is -0.342 e. The van der Waals surface area contributed by atoms with Crippen LogP contribution >= 0.6 is 0 Å². The van der Waals surface area contributed by atoms with Crippen LogP contribution in [-0.4, -0.2) is 18.2 Å². The third-order valence-corrected chi connectivity index (χ3v) is 4.26. The Hall–Kier alpha value is -2.42. The van der Waals surface area contributed by atoms with Crippen LogP contribution in [-0.2, 0) is 16.6 Å². The molecule has 3 nitrogen and oxygen atoms in total. The Kier molecular flexibility index (Phi) is 6.51. The molecule has 1 atom stereocenters. The van der Waals surface area contributed by atoms with Gasteiger partial charge in [0.1, 0.15) is 0 Å². The molecule has 0 saturated heterocycles. The molecule has 131 valence electrons. The number of carbonyl (C=O) groups is 1. The molecule has 2 aromatic rings. The summed E-state index contributed by atoms with van der Waals surface area (Å²) < 4.78 is 0. The highest BCUT2D eigenvalue weighted by atomic mass is 16.2. The third-order valence-electron chi connectivity index (χ3n) is 4.26. The summed E-state index contributed by atoms with van der Waals surface area (Å²) in [5.41, 5.74) is 3.02. The lowest BCUT2D eigenvalue weighted by Gasteiger charge is -2.19. The van der Waals surface area contributed by atoms with Crippen molar-refractivity contribution in [1.29, 1.82) is 0 Å². The summed E-state index contributed by atoms with van der Waals surface area (Å²) in [7, 11) is 0. The van der Waals surface area contributed by atoms with Gasteiger partial charge in [-0.05, 0) is 47.9 Å². The van der Waals surface area contributed by atoms with Crippen LogP contribution < -0.4 is 5.32 Å². The van der Waals surface area contributed by atoms with Gasteiger partial charge in [-0.15, -0.1) is 0 Å². The first-order valence-corrected chi connectivity index (χ1v) is 8.73. The molecule has 0 heterocycles. The number of benzene rings is 2. The fraction of sp³-hybridized carbons (Fsp3) is 0.364. The number of hydrogen-bond donors (Lipinski definition) is 1. The fourth-order valence-electron chi connectivity index (χ4n) is 2.68. The van der Waals surface area contributed by atoms with E-state index < -0.39 is 6.04 Å². The minimum atomic E-state index is -0.571. The highest BCUT2D eigenvalue weighted by Crippen LogP contribution is 2.22. The minimum absolute atomic E-state index is 0.0472. The first kappa shape index (κ1) is 18.9. The molecule has 1 radical (unpaired) electrons. The Morgan fingerprint density at radius 2 is 1.68 bits per heavy atom. The van der Waals surface area contributed by atoms with Crippen LogP contribution in [0.5, 0.6) is 0 Å². The number of carbonyl (C=O) groups excluding carboxylic acids is 2. The molecule has 0 aromatic heterocycles. The molecular weight excluding hydrogens is 310 g/mol. The highest BCUT2D eigenvalue weighted by molar-refractivity contribution is 5.95. The Labute approximate surface area is 150 Å². The highest BCUT2D eigenvalue weighted by Gasteiger charge is 2.16. The molecule has 0 saturated carbocycles. The maximum atomic E-state index is 12.3. The maximum Gasteiger partial charge on any atom is 0.251 e. The van der Waals surface area contributed by atoms with Gasteiger partial charge in [-0.1, -0.05) is 63.2 Å². The predicted molar refractivity (Wildman–Crippen MR) is 101 cm³/mol. The van der Waals surface area contributed by atoms with E-state index >= 15 is 0 Å². The molecule has 0 bridgehead atoms. The molecule has 2 aromatic carbocycles. The van der Waals surface area contributed by atoms with Crippen molar-refractivity contribution < 1.29 is 9.59 Å². The van der Waals surface area contributed by atoms with E-state index in [0.29, 0.717) is 12.0 Å². The van der Waals surface area contributed by atoms with E-state index in [-0.39, 0.29) is 11.3 Å². The summed E-state index contributed by atoms with van der Waals surface area (Å²) in [4.78, 5) is 23.5. The molecule has 0 aliphatic carbocycles. The zero-order chi connectivity index (χ0) is 18.3. The Balaban J connectivity index is 1.87. The van der Waals surface area contributed by atoms with Crippen molar-refractivity contribution in [2.45, 2.75) is 51.5 Å². The van der Waals surface area contributed by atoms with Crippen molar-refractivity contribution in [1.82, 2.24) is 5.32 Å². The lowest BCUT2D eigenvalue weighted by molar-refractivity contribution is 0.0944. The second-order valence-corrected chi connectivity index (χ2v) is 7.35. The van der Waals surface area contributed by atoms with E-state index in [9.17, 15) is 9.59 Å². The monoisotopic (exact) mass is 336 g/mol. The molecule has 0 unspecified atom stereocenters. The summed E-state index contributed by atoms with van der Waals surface area (Å²) in [6.07, 6.45) is 4.24. The van der Waals surface area contributed by atoms with Crippen molar-refractivity contribution in [3.63, 3.8) is 0 Å². The first-order chi connectivity index (χ1) is 11.9. The van der Waals surface area contributed by atoms with E-state index in [0.717, 1.165) is 12.8 Å². The average molecular weight is 336 g/mol. The smallest absolute Gasteiger partial charge is 0.251 e. The summed E-state index contributed by atoms with van der Waals surface area (Å²) >= 11 is 0.